The van der Waals surface area contributed by atoms with Gasteiger partial charge in [-0.3, -0.25) is 0 Å². The first-order chi connectivity index (χ1) is 10.7. The summed E-state index contributed by atoms with van der Waals surface area (Å²) >= 11 is 0. The Morgan fingerprint density at radius 2 is 1.41 bits per heavy atom. The van der Waals surface area contributed by atoms with Gasteiger partial charge in [0, 0.05) is 12.2 Å². The molecule has 124 valence electrons. The van der Waals surface area contributed by atoms with Crippen molar-refractivity contribution < 1.29 is 28.5 Å². The third-order valence-corrected chi connectivity index (χ3v) is 2.92. The summed E-state index contributed by atoms with van der Waals surface area (Å²) in [5.41, 5.74) is 0. The van der Waals surface area contributed by atoms with Crippen molar-refractivity contribution in [2.45, 2.75) is 19.8 Å². The van der Waals surface area contributed by atoms with Gasteiger partial charge in [0.05, 0.1) is 26.4 Å². The Bertz CT molecular complexity index is 388. The lowest BCUT2D eigenvalue weighted by Crippen LogP contribution is -2.14. The monoisotopic (exact) mass is 312 g/mol. The number of allylic oxidation sites excluding steroid dienone is 2. The maximum Gasteiger partial charge on any atom is 0.330 e. The molecular weight excluding hydrogens is 288 g/mol. The molecular formula is C16H24O6. The quantitative estimate of drug-likeness (QED) is 0.633. The van der Waals surface area contributed by atoms with Gasteiger partial charge in [0.15, 0.2) is 0 Å². The lowest BCUT2D eigenvalue weighted by atomic mass is 10.1. The number of ether oxygens (including phenoxy) is 4. The van der Waals surface area contributed by atoms with Crippen molar-refractivity contribution in [2.75, 3.05) is 39.6 Å². The first-order valence-electron chi connectivity index (χ1n) is 7.52. The maximum atomic E-state index is 11.4. The van der Waals surface area contributed by atoms with Crippen LogP contribution in [0.3, 0.4) is 0 Å². The zero-order chi connectivity index (χ0) is 16.0. The van der Waals surface area contributed by atoms with Gasteiger partial charge in [-0.15, -0.1) is 0 Å². The zero-order valence-corrected chi connectivity index (χ0v) is 13.0. The molecule has 0 bridgehead atoms. The third-order valence-electron chi connectivity index (χ3n) is 2.92. The minimum atomic E-state index is -0.372. The van der Waals surface area contributed by atoms with Crippen LogP contribution < -0.4 is 0 Å². The van der Waals surface area contributed by atoms with Crippen LogP contribution in [0.4, 0.5) is 0 Å². The van der Waals surface area contributed by atoms with Crippen LogP contribution in [-0.4, -0.2) is 51.6 Å². The molecule has 1 unspecified atom stereocenters. The topological polar surface area (TPSA) is 71.1 Å². The number of hydrogen-bond donors (Lipinski definition) is 0. The van der Waals surface area contributed by atoms with E-state index >= 15 is 0 Å². The van der Waals surface area contributed by atoms with Gasteiger partial charge in [0.2, 0.25) is 0 Å². The van der Waals surface area contributed by atoms with E-state index in [4.69, 9.17) is 18.9 Å². The molecule has 0 aliphatic carbocycles. The first kappa shape index (κ1) is 18.4. The fraction of sp³-hybridized carbons (Fsp3) is 0.625. The Morgan fingerprint density at radius 1 is 0.864 bits per heavy atom. The van der Waals surface area contributed by atoms with Gasteiger partial charge < -0.3 is 18.9 Å². The summed E-state index contributed by atoms with van der Waals surface area (Å²) in [6.45, 7) is 3.91. The van der Waals surface area contributed by atoms with Gasteiger partial charge >= 0.3 is 11.9 Å². The molecule has 6 nitrogen and oxygen atoms in total. The Balaban J connectivity index is 2.41. The highest BCUT2D eigenvalue weighted by molar-refractivity contribution is 5.82. The molecule has 0 aromatic heterocycles. The average Bonchev–Trinajstić information content (AvgIpc) is 2.50. The lowest BCUT2D eigenvalue weighted by Gasteiger charge is -2.06. The summed E-state index contributed by atoms with van der Waals surface area (Å²) < 4.78 is 20.5. The highest BCUT2D eigenvalue weighted by Gasteiger charge is 2.02. The van der Waals surface area contributed by atoms with Crippen LogP contribution in [0.2, 0.25) is 0 Å². The average molecular weight is 312 g/mol. The molecule has 1 rings (SSSR count). The predicted octanol–water partition coefficient (Wildman–Crippen LogP) is 1.65. The van der Waals surface area contributed by atoms with Crippen molar-refractivity contribution >= 4 is 11.9 Å². The Morgan fingerprint density at radius 3 is 2.05 bits per heavy atom. The molecule has 1 aliphatic heterocycles. The van der Waals surface area contributed by atoms with Gasteiger partial charge in [-0.1, -0.05) is 19.1 Å². The van der Waals surface area contributed by atoms with E-state index in [1.54, 1.807) is 12.2 Å². The molecule has 0 saturated heterocycles. The lowest BCUT2D eigenvalue weighted by molar-refractivity contribution is -0.141. The van der Waals surface area contributed by atoms with Crippen molar-refractivity contribution in [3.8, 4) is 0 Å². The van der Waals surface area contributed by atoms with Gasteiger partial charge in [-0.2, -0.15) is 0 Å². The smallest absolute Gasteiger partial charge is 0.330 e. The summed E-state index contributed by atoms with van der Waals surface area (Å²) in [5, 5.41) is 0. The first-order valence-corrected chi connectivity index (χ1v) is 7.52. The Hall–Kier alpha value is -1.66. The summed E-state index contributed by atoms with van der Waals surface area (Å²) in [5.74, 6) is -0.520. The third kappa shape index (κ3) is 10.1. The van der Waals surface area contributed by atoms with Crippen LogP contribution in [-0.2, 0) is 28.5 Å². The van der Waals surface area contributed by atoms with E-state index in [-0.39, 0.29) is 31.1 Å². The fourth-order valence-electron chi connectivity index (χ4n) is 1.70. The van der Waals surface area contributed by atoms with Crippen molar-refractivity contribution in [1.29, 1.82) is 0 Å². The van der Waals surface area contributed by atoms with Gasteiger partial charge in [-0.25, -0.2) is 9.59 Å². The van der Waals surface area contributed by atoms with Crippen LogP contribution in [0.15, 0.2) is 24.3 Å². The molecule has 1 heterocycles. The molecule has 0 aromatic carbocycles. The molecule has 0 spiro atoms. The van der Waals surface area contributed by atoms with E-state index in [0.717, 1.165) is 12.8 Å². The van der Waals surface area contributed by atoms with Crippen molar-refractivity contribution in [2.24, 2.45) is 5.92 Å². The highest BCUT2D eigenvalue weighted by Crippen LogP contribution is 2.08. The molecule has 0 aromatic rings. The molecule has 0 radical (unpaired) electrons. The molecule has 1 aliphatic rings. The number of cyclic esters (lactones) is 2. The second-order valence-corrected chi connectivity index (χ2v) is 4.88. The maximum absolute atomic E-state index is 11.4. The summed E-state index contributed by atoms with van der Waals surface area (Å²) in [6, 6.07) is 0. The van der Waals surface area contributed by atoms with Crippen LogP contribution in [0, 0.1) is 5.92 Å². The number of hydrogen-bond acceptors (Lipinski definition) is 6. The van der Waals surface area contributed by atoms with Gasteiger partial charge in [-0.05, 0) is 18.8 Å². The molecule has 0 fully saturated rings. The van der Waals surface area contributed by atoms with Crippen LogP contribution in [0.25, 0.3) is 0 Å². The molecule has 6 heteroatoms. The van der Waals surface area contributed by atoms with Gasteiger partial charge in [0.25, 0.3) is 0 Å². The fourth-order valence-corrected chi connectivity index (χ4v) is 1.70. The minimum Gasteiger partial charge on any atom is -0.460 e. The summed E-state index contributed by atoms with van der Waals surface area (Å²) in [4.78, 5) is 22.8. The van der Waals surface area contributed by atoms with Crippen LogP contribution in [0.5, 0.6) is 0 Å². The van der Waals surface area contributed by atoms with E-state index < -0.39 is 0 Å². The summed E-state index contributed by atoms with van der Waals surface area (Å²) in [7, 11) is 0. The molecule has 22 heavy (non-hydrogen) atoms. The molecule has 0 saturated carbocycles. The highest BCUT2D eigenvalue weighted by atomic mass is 16.6. The van der Waals surface area contributed by atoms with E-state index in [1.165, 1.54) is 12.2 Å². The number of carbonyl (C=O) groups is 2. The van der Waals surface area contributed by atoms with E-state index in [1.807, 2.05) is 6.92 Å². The number of esters is 2. The minimum absolute atomic E-state index is 0.220. The summed E-state index contributed by atoms with van der Waals surface area (Å²) in [6.07, 6.45) is 7.99. The Kier molecular flexibility index (Phi) is 9.98. The number of rotatable bonds is 0. The van der Waals surface area contributed by atoms with Crippen molar-refractivity contribution in [3.63, 3.8) is 0 Å². The predicted molar refractivity (Wildman–Crippen MR) is 80.2 cm³/mol. The molecule has 1 atom stereocenters. The Labute approximate surface area is 131 Å². The largest absolute Gasteiger partial charge is 0.460 e. The van der Waals surface area contributed by atoms with Crippen LogP contribution in [0.1, 0.15) is 19.8 Å². The van der Waals surface area contributed by atoms with E-state index in [0.29, 0.717) is 26.4 Å². The second-order valence-electron chi connectivity index (χ2n) is 4.88. The standard InChI is InChI=1S/C16H24O6/c1-14-4-2-3-5-15(17)21-12-10-19-8-9-20-11-13-22-16(18)7-6-14/h3,5-7,14H,2,4,8-13H2,1H3/b5-3+,7-6+. The van der Waals surface area contributed by atoms with Crippen molar-refractivity contribution in [1.82, 2.24) is 0 Å². The second kappa shape index (κ2) is 11.9. The van der Waals surface area contributed by atoms with E-state index in [9.17, 15) is 9.59 Å². The normalized spacial score (nSPS) is 26.7. The van der Waals surface area contributed by atoms with Gasteiger partial charge in [0.1, 0.15) is 13.2 Å². The number of carbonyl (C=O) groups excluding carboxylic acids is 2. The van der Waals surface area contributed by atoms with Crippen molar-refractivity contribution in [3.05, 3.63) is 24.3 Å². The van der Waals surface area contributed by atoms with E-state index in [2.05, 4.69) is 0 Å². The van der Waals surface area contributed by atoms with Crippen LogP contribution >= 0.6 is 0 Å². The zero-order valence-electron chi connectivity index (χ0n) is 13.0. The SMILES string of the molecule is CC1/C=C/C(=O)OCCOCCOCCOC(=O)/C=C/CC1. The molecule has 0 N–H and O–H groups in total. The molecule has 0 amide bonds.